The van der Waals surface area contributed by atoms with Gasteiger partial charge in [0.05, 0.1) is 0 Å². The minimum atomic E-state index is -0.0978. The number of nitrogens with one attached hydrogen (secondary N) is 1. The van der Waals surface area contributed by atoms with Gasteiger partial charge in [0.2, 0.25) is 0 Å². The first-order valence-electron chi connectivity index (χ1n) is 5.07. The molecule has 2 amide bonds. The molecule has 0 aromatic heterocycles. The Bertz CT molecular complexity index is 205. The molecule has 1 spiro atoms. The quantitative estimate of drug-likeness (QED) is 0.334. The molecule has 1 aliphatic heterocycles. The van der Waals surface area contributed by atoms with Crippen LogP contribution in [0.4, 0.5) is 4.79 Å². The number of likely N-dealkylation sites (tertiary alicyclic amines) is 1. The van der Waals surface area contributed by atoms with E-state index < -0.39 is 0 Å². The van der Waals surface area contributed by atoms with Gasteiger partial charge in [-0.2, -0.15) is 0 Å². The van der Waals surface area contributed by atoms with Gasteiger partial charge in [-0.25, -0.2) is 10.6 Å². The van der Waals surface area contributed by atoms with Gasteiger partial charge < -0.3 is 4.90 Å². The molecule has 2 rings (SSSR count). The van der Waals surface area contributed by atoms with Crippen molar-refractivity contribution in [1.82, 2.24) is 10.3 Å². The number of hydrazine groups is 1. The summed E-state index contributed by atoms with van der Waals surface area (Å²) in [6.07, 6.45) is 7.15. The Hall–Kier alpha value is -0.770. The number of carbonyl (C=O) groups is 1. The third-order valence-corrected chi connectivity index (χ3v) is 3.50. The zero-order valence-electron chi connectivity index (χ0n) is 7.88. The van der Waals surface area contributed by atoms with Crippen molar-refractivity contribution >= 4 is 6.03 Å². The Kier molecular flexibility index (Phi) is 2.15. The maximum absolute atomic E-state index is 11.5. The zero-order chi connectivity index (χ0) is 9.31. The van der Waals surface area contributed by atoms with Crippen molar-refractivity contribution in [2.75, 3.05) is 6.54 Å². The van der Waals surface area contributed by atoms with E-state index >= 15 is 0 Å². The molecule has 0 radical (unpaired) electrons. The number of hydrogen-bond acceptors (Lipinski definition) is 2. The second kappa shape index (κ2) is 3.18. The second-order valence-corrected chi connectivity index (χ2v) is 4.14. The lowest BCUT2D eigenvalue weighted by Gasteiger charge is -2.34. The summed E-state index contributed by atoms with van der Waals surface area (Å²) in [5.74, 6) is 5.16. The van der Waals surface area contributed by atoms with Crippen LogP contribution in [0.25, 0.3) is 0 Å². The fourth-order valence-corrected chi connectivity index (χ4v) is 2.89. The molecular weight excluding hydrogens is 166 g/mol. The van der Waals surface area contributed by atoms with Gasteiger partial charge in [0.25, 0.3) is 0 Å². The maximum atomic E-state index is 11.5. The molecule has 4 nitrogen and oxygen atoms in total. The summed E-state index contributed by atoms with van der Waals surface area (Å²) in [6.45, 7) is 0.878. The summed E-state index contributed by atoms with van der Waals surface area (Å²) in [6, 6.07) is -0.0978. The summed E-state index contributed by atoms with van der Waals surface area (Å²) >= 11 is 0. The normalized spacial score (nSPS) is 25.5. The van der Waals surface area contributed by atoms with E-state index in [9.17, 15) is 4.79 Å². The molecule has 1 saturated carbocycles. The topological polar surface area (TPSA) is 58.4 Å². The van der Waals surface area contributed by atoms with Crippen LogP contribution >= 0.6 is 0 Å². The highest BCUT2D eigenvalue weighted by Crippen LogP contribution is 2.42. The molecule has 0 aromatic rings. The monoisotopic (exact) mass is 183 g/mol. The second-order valence-electron chi connectivity index (χ2n) is 4.14. The van der Waals surface area contributed by atoms with Crippen LogP contribution in [0.2, 0.25) is 0 Å². The Morgan fingerprint density at radius 3 is 2.46 bits per heavy atom. The van der Waals surface area contributed by atoms with Gasteiger partial charge in [0.1, 0.15) is 0 Å². The van der Waals surface area contributed by atoms with Crippen LogP contribution in [0, 0.1) is 0 Å². The number of carbonyl (C=O) groups excluding carboxylic acids is 1. The Morgan fingerprint density at radius 1 is 1.23 bits per heavy atom. The van der Waals surface area contributed by atoms with Gasteiger partial charge in [-0.1, -0.05) is 12.8 Å². The minimum Gasteiger partial charge on any atom is -0.318 e. The van der Waals surface area contributed by atoms with Gasteiger partial charge in [0, 0.05) is 12.1 Å². The summed E-state index contributed by atoms with van der Waals surface area (Å²) in [5.41, 5.74) is 2.42. The molecule has 0 unspecified atom stereocenters. The molecule has 13 heavy (non-hydrogen) atoms. The summed E-state index contributed by atoms with van der Waals surface area (Å²) in [7, 11) is 0. The molecular formula is C9H17N3O. The number of urea groups is 1. The fourth-order valence-electron chi connectivity index (χ4n) is 2.89. The van der Waals surface area contributed by atoms with Gasteiger partial charge in [0.15, 0.2) is 0 Å². The first-order chi connectivity index (χ1) is 6.28. The van der Waals surface area contributed by atoms with Crippen LogP contribution < -0.4 is 11.3 Å². The smallest absolute Gasteiger partial charge is 0.318 e. The molecule has 2 aliphatic rings. The van der Waals surface area contributed by atoms with E-state index in [0.29, 0.717) is 0 Å². The van der Waals surface area contributed by atoms with Crippen LogP contribution in [0.15, 0.2) is 0 Å². The third kappa shape index (κ3) is 1.29. The first kappa shape index (κ1) is 8.81. The van der Waals surface area contributed by atoms with Crippen molar-refractivity contribution in [3.63, 3.8) is 0 Å². The van der Waals surface area contributed by atoms with Crippen LogP contribution in [-0.2, 0) is 0 Å². The molecule has 1 saturated heterocycles. The van der Waals surface area contributed by atoms with Crippen molar-refractivity contribution in [3.8, 4) is 0 Å². The Balaban J connectivity index is 2.13. The number of hydrogen-bond donors (Lipinski definition) is 2. The number of nitrogens with zero attached hydrogens (tertiary/aromatic N) is 1. The van der Waals surface area contributed by atoms with Gasteiger partial charge in [-0.15, -0.1) is 0 Å². The highest BCUT2D eigenvalue weighted by atomic mass is 16.2. The summed E-state index contributed by atoms with van der Waals surface area (Å²) in [4.78, 5) is 13.4. The lowest BCUT2D eigenvalue weighted by atomic mass is 9.94. The SMILES string of the molecule is NNC(=O)N1CCCC12CCCC2. The van der Waals surface area contributed by atoms with Crippen LogP contribution in [0.1, 0.15) is 38.5 Å². The summed E-state index contributed by atoms with van der Waals surface area (Å²) in [5, 5.41) is 0. The lowest BCUT2D eigenvalue weighted by molar-refractivity contribution is 0.148. The standard InChI is InChI=1S/C9H17N3O/c10-11-8(13)12-7-3-6-9(12)4-1-2-5-9/h1-7,10H2,(H,11,13). The molecule has 4 heteroatoms. The predicted molar refractivity (Wildman–Crippen MR) is 49.9 cm³/mol. The number of nitrogens with two attached hydrogens (primary N) is 1. The van der Waals surface area contributed by atoms with Gasteiger partial charge >= 0.3 is 6.03 Å². The predicted octanol–water partition coefficient (Wildman–Crippen LogP) is 0.978. The molecule has 1 heterocycles. The van der Waals surface area contributed by atoms with Crippen molar-refractivity contribution in [2.24, 2.45) is 5.84 Å². The van der Waals surface area contributed by atoms with Crippen LogP contribution in [-0.4, -0.2) is 23.0 Å². The average molecular weight is 183 g/mol. The third-order valence-electron chi connectivity index (χ3n) is 3.50. The molecule has 0 aromatic carbocycles. The fraction of sp³-hybridized carbons (Fsp3) is 0.889. The van der Waals surface area contributed by atoms with Gasteiger partial charge in [-0.3, -0.25) is 5.43 Å². The van der Waals surface area contributed by atoms with E-state index in [0.717, 1.165) is 13.0 Å². The zero-order valence-corrected chi connectivity index (χ0v) is 7.88. The maximum Gasteiger partial charge on any atom is 0.331 e. The molecule has 3 N–H and O–H groups in total. The Labute approximate surface area is 78.4 Å². The number of rotatable bonds is 0. The largest absolute Gasteiger partial charge is 0.331 e. The van der Waals surface area contributed by atoms with E-state index in [4.69, 9.17) is 5.84 Å². The lowest BCUT2D eigenvalue weighted by Crippen LogP contribution is -2.51. The minimum absolute atomic E-state index is 0.0978. The first-order valence-corrected chi connectivity index (χ1v) is 5.07. The molecule has 2 fully saturated rings. The van der Waals surface area contributed by atoms with E-state index in [1.165, 1.54) is 32.1 Å². The van der Waals surface area contributed by atoms with Crippen molar-refractivity contribution in [1.29, 1.82) is 0 Å². The van der Waals surface area contributed by atoms with Crippen molar-refractivity contribution < 1.29 is 4.79 Å². The highest BCUT2D eigenvalue weighted by molar-refractivity contribution is 5.74. The van der Waals surface area contributed by atoms with Crippen LogP contribution in [0.5, 0.6) is 0 Å². The van der Waals surface area contributed by atoms with E-state index in [1.54, 1.807) is 0 Å². The molecule has 0 bridgehead atoms. The molecule has 1 aliphatic carbocycles. The van der Waals surface area contributed by atoms with Crippen molar-refractivity contribution in [3.05, 3.63) is 0 Å². The number of amides is 2. The molecule has 74 valence electrons. The van der Waals surface area contributed by atoms with Crippen LogP contribution in [0.3, 0.4) is 0 Å². The summed E-state index contributed by atoms with van der Waals surface area (Å²) < 4.78 is 0. The van der Waals surface area contributed by atoms with Gasteiger partial charge in [-0.05, 0) is 25.7 Å². The highest BCUT2D eigenvalue weighted by Gasteiger charge is 2.44. The molecule has 0 atom stereocenters. The van der Waals surface area contributed by atoms with E-state index in [2.05, 4.69) is 5.43 Å². The van der Waals surface area contributed by atoms with Crippen molar-refractivity contribution in [2.45, 2.75) is 44.1 Å². The average Bonchev–Trinajstić information content (AvgIpc) is 2.76. The van der Waals surface area contributed by atoms with E-state index in [-0.39, 0.29) is 11.6 Å². The van der Waals surface area contributed by atoms with E-state index in [1.807, 2.05) is 4.90 Å². The Morgan fingerprint density at radius 2 is 1.85 bits per heavy atom.